The highest BCUT2D eigenvalue weighted by Crippen LogP contribution is 2.36. The number of carbonyl (C=O) groups excluding carboxylic acids is 1. The molecule has 1 aromatic heterocycles. The first-order valence-electron chi connectivity index (χ1n) is 7.57. The van der Waals surface area contributed by atoms with Gasteiger partial charge in [0.05, 0.1) is 16.9 Å². The largest absolute Gasteiger partial charge is 0.455 e. The Balaban J connectivity index is 2.64. The Morgan fingerprint density at radius 1 is 1.15 bits per heavy atom. The van der Waals surface area contributed by atoms with Gasteiger partial charge < -0.3 is 4.74 Å². The van der Waals surface area contributed by atoms with Crippen LogP contribution >= 0.6 is 11.6 Å². The number of hydrogen-bond acceptors (Lipinski definition) is 4. The standard InChI is InChI=1S/C17H14ClF5N2O2/c1-17(2,3)27-16(26)13-12(15(22)23)25-9(6-24-13)10-7(14(20)21)4-5-8(18)11(10)19/h4-6,14-15H,1-3H3. The van der Waals surface area contributed by atoms with Crippen LogP contribution in [-0.2, 0) is 4.74 Å². The number of nitrogens with zero attached hydrogens (tertiary/aromatic N) is 2. The van der Waals surface area contributed by atoms with Crippen LogP contribution in [0.1, 0.15) is 55.4 Å². The molecular formula is C17H14ClF5N2O2. The van der Waals surface area contributed by atoms with Crippen molar-refractivity contribution >= 4 is 17.6 Å². The second kappa shape index (κ2) is 7.75. The maximum Gasteiger partial charge on any atom is 0.359 e. The minimum Gasteiger partial charge on any atom is -0.455 e. The van der Waals surface area contributed by atoms with E-state index in [1.54, 1.807) is 0 Å². The maximum absolute atomic E-state index is 14.3. The molecule has 0 fully saturated rings. The summed E-state index contributed by atoms with van der Waals surface area (Å²) in [4.78, 5) is 19.1. The third-order valence-corrected chi connectivity index (χ3v) is 3.51. The van der Waals surface area contributed by atoms with Gasteiger partial charge in [-0.25, -0.2) is 36.7 Å². The maximum atomic E-state index is 14.3. The van der Waals surface area contributed by atoms with E-state index in [1.807, 2.05) is 0 Å². The lowest BCUT2D eigenvalue weighted by Crippen LogP contribution is -2.25. The highest BCUT2D eigenvalue weighted by atomic mass is 35.5. The molecule has 0 spiro atoms. The zero-order valence-electron chi connectivity index (χ0n) is 14.4. The molecule has 2 rings (SSSR count). The number of ether oxygens (including phenoxy) is 1. The van der Waals surface area contributed by atoms with E-state index in [-0.39, 0.29) is 0 Å². The van der Waals surface area contributed by atoms with Crippen LogP contribution in [0.4, 0.5) is 22.0 Å². The molecule has 1 heterocycles. The minimum absolute atomic E-state index is 0.494. The number of aromatic nitrogens is 2. The predicted octanol–water partition coefficient (Wildman–Crippen LogP) is 5.77. The first kappa shape index (κ1) is 21.0. The molecule has 27 heavy (non-hydrogen) atoms. The zero-order valence-corrected chi connectivity index (χ0v) is 15.1. The van der Waals surface area contributed by atoms with E-state index in [4.69, 9.17) is 16.3 Å². The van der Waals surface area contributed by atoms with Gasteiger partial charge in [-0.15, -0.1) is 0 Å². The van der Waals surface area contributed by atoms with E-state index in [1.165, 1.54) is 20.8 Å². The third-order valence-electron chi connectivity index (χ3n) is 3.22. The molecule has 2 aromatic rings. The van der Waals surface area contributed by atoms with E-state index in [0.29, 0.717) is 0 Å². The van der Waals surface area contributed by atoms with Crippen LogP contribution in [0.25, 0.3) is 11.3 Å². The van der Waals surface area contributed by atoms with Gasteiger partial charge in [-0.1, -0.05) is 17.7 Å². The van der Waals surface area contributed by atoms with Gasteiger partial charge in [0.2, 0.25) is 0 Å². The summed E-state index contributed by atoms with van der Waals surface area (Å²) in [5.41, 5.74) is -5.04. The molecule has 146 valence electrons. The fourth-order valence-corrected chi connectivity index (χ4v) is 2.32. The van der Waals surface area contributed by atoms with Gasteiger partial charge in [0.1, 0.15) is 11.3 Å². The summed E-state index contributed by atoms with van der Waals surface area (Å²) in [6.45, 7) is 4.56. The molecule has 0 unspecified atom stereocenters. The second-order valence-corrected chi connectivity index (χ2v) is 6.83. The van der Waals surface area contributed by atoms with Gasteiger partial charge >= 0.3 is 5.97 Å². The van der Waals surface area contributed by atoms with Crippen molar-refractivity contribution in [3.05, 3.63) is 46.1 Å². The van der Waals surface area contributed by atoms with Crippen molar-refractivity contribution < 1.29 is 31.5 Å². The van der Waals surface area contributed by atoms with Crippen molar-refractivity contribution in [2.75, 3.05) is 0 Å². The SMILES string of the molecule is CC(C)(C)OC(=O)c1ncc(-c2c(C(F)F)ccc(Cl)c2F)nc1C(F)F. The van der Waals surface area contributed by atoms with E-state index < -0.39 is 63.5 Å². The highest BCUT2D eigenvalue weighted by Gasteiger charge is 2.29. The Bertz CT molecular complexity index is 869. The summed E-state index contributed by atoms with van der Waals surface area (Å²) < 4.78 is 72.4. The smallest absolute Gasteiger partial charge is 0.359 e. The fourth-order valence-electron chi connectivity index (χ4n) is 2.17. The van der Waals surface area contributed by atoms with Crippen molar-refractivity contribution in [1.82, 2.24) is 9.97 Å². The summed E-state index contributed by atoms with van der Waals surface area (Å²) in [6, 6.07) is 1.77. The van der Waals surface area contributed by atoms with E-state index >= 15 is 0 Å². The van der Waals surface area contributed by atoms with Gasteiger partial charge in [-0.2, -0.15) is 0 Å². The Kier molecular flexibility index (Phi) is 6.04. The van der Waals surface area contributed by atoms with Crippen molar-refractivity contribution in [3.8, 4) is 11.3 Å². The number of esters is 1. The first-order valence-corrected chi connectivity index (χ1v) is 7.95. The quantitative estimate of drug-likeness (QED) is 0.476. The van der Waals surface area contributed by atoms with Gasteiger partial charge in [0, 0.05) is 11.1 Å². The Morgan fingerprint density at radius 2 is 1.78 bits per heavy atom. The van der Waals surface area contributed by atoms with Crippen molar-refractivity contribution in [1.29, 1.82) is 0 Å². The molecule has 0 saturated heterocycles. The van der Waals surface area contributed by atoms with Crippen molar-refractivity contribution in [2.45, 2.75) is 39.2 Å². The number of benzene rings is 1. The zero-order chi connectivity index (χ0) is 20.5. The van der Waals surface area contributed by atoms with Crippen LogP contribution in [0.2, 0.25) is 5.02 Å². The van der Waals surface area contributed by atoms with Crippen LogP contribution in [0.15, 0.2) is 18.3 Å². The van der Waals surface area contributed by atoms with Crippen LogP contribution < -0.4 is 0 Å². The summed E-state index contributed by atoms with van der Waals surface area (Å²) in [6.07, 6.45) is -5.66. The van der Waals surface area contributed by atoms with Crippen molar-refractivity contribution in [2.24, 2.45) is 0 Å². The molecule has 0 amide bonds. The highest BCUT2D eigenvalue weighted by molar-refractivity contribution is 6.31. The number of carbonyl (C=O) groups is 1. The van der Waals surface area contributed by atoms with Crippen molar-refractivity contribution in [3.63, 3.8) is 0 Å². The van der Waals surface area contributed by atoms with Gasteiger partial charge in [0.15, 0.2) is 11.5 Å². The minimum atomic E-state index is -3.28. The lowest BCUT2D eigenvalue weighted by molar-refractivity contribution is 0.00532. The van der Waals surface area contributed by atoms with Gasteiger partial charge in [-0.3, -0.25) is 0 Å². The van der Waals surface area contributed by atoms with Crippen LogP contribution in [-0.4, -0.2) is 21.5 Å². The summed E-state index contributed by atoms with van der Waals surface area (Å²) >= 11 is 5.61. The summed E-state index contributed by atoms with van der Waals surface area (Å²) in [5, 5.41) is -0.494. The Morgan fingerprint density at radius 3 is 2.30 bits per heavy atom. The Labute approximate surface area is 156 Å². The molecule has 4 nitrogen and oxygen atoms in total. The van der Waals surface area contributed by atoms with Crippen LogP contribution in [0.5, 0.6) is 0 Å². The number of halogens is 6. The van der Waals surface area contributed by atoms with Gasteiger partial charge in [0.25, 0.3) is 12.9 Å². The predicted molar refractivity (Wildman–Crippen MR) is 87.5 cm³/mol. The number of rotatable bonds is 4. The molecular weight excluding hydrogens is 395 g/mol. The molecule has 0 aliphatic rings. The topological polar surface area (TPSA) is 52.1 Å². The molecule has 0 saturated carbocycles. The normalized spacial score (nSPS) is 12.0. The average Bonchev–Trinajstić information content (AvgIpc) is 2.54. The van der Waals surface area contributed by atoms with Gasteiger partial charge in [-0.05, 0) is 26.8 Å². The van der Waals surface area contributed by atoms with E-state index in [9.17, 15) is 26.7 Å². The lowest BCUT2D eigenvalue weighted by atomic mass is 10.0. The number of alkyl halides is 4. The molecule has 0 N–H and O–H groups in total. The summed E-state index contributed by atoms with van der Waals surface area (Å²) in [5.74, 6) is -2.42. The van der Waals surface area contributed by atoms with Crippen LogP contribution in [0.3, 0.4) is 0 Å². The molecule has 1 aromatic carbocycles. The molecule has 10 heteroatoms. The molecule has 0 aliphatic carbocycles. The summed E-state index contributed by atoms with van der Waals surface area (Å²) in [7, 11) is 0. The third kappa shape index (κ3) is 4.71. The first-order chi connectivity index (χ1) is 12.4. The molecule has 0 atom stereocenters. The molecule has 0 aliphatic heterocycles. The van der Waals surface area contributed by atoms with Crippen LogP contribution in [0, 0.1) is 5.82 Å². The Hall–Kier alpha value is -2.29. The van der Waals surface area contributed by atoms with E-state index in [0.717, 1.165) is 18.3 Å². The second-order valence-electron chi connectivity index (χ2n) is 6.42. The number of hydrogen-bond donors (Lipinski definition) is 0. The fraction of sp³-hybridized carbons (Fsp3) is 0.353. The molecule has 0 radical (unpaired) electrons. The monoisotopic (exact) mass is 408 g/mol. The average molecular weight is 409 g/mol. The molecule has 0 bridgehead atoms. The van der Waals surface area contributed by atoms with E-state index in [2.05, 4.69) is 9.97 Å². The lowest BCUT2D eigenvalue weighted by Gasteiger charge is -2.20.